The van der Waals surface area contributed by atoms with Crippen LogP contribution in [-0.4, -0.2) is 12.6 Å². The Balaban J connectivity index is 2.14. The minimum atomic E-state index is 0.689. The largest absolute Gasteiger partial charge is 0.313 e. The number of nitrogens with one attached hydrogen (secondary N) is 1. The molecule has 1 aliphatic rings. The fourth-order valence-electron chi connectivity index (χ4n) is 3.55. The van der Waals surface area contributed by atoms with Crippen molar-refractivity contribution < 1.29 is 0 Å². The molecule has 0 spiro atoms. The van der Waals surface area contributed by atoms with Crippen LogP contribution in [0.5, 0.6) is 0 Å². The van der Waals surface area contributed by atoms with Crippen LogP contribution in [-0.2, 0) is 6.42 Å². The van der Waals surface area contributed by atoms with Crippen LogP contribution in [0.25, 0.3) is 0 Å². The van der Waals surface area contributed by atoms with Gasteiger partial charge in [0.15, 0.2) is 0 Å². The third-order valence-corrected chi connectivity index (χ3v) is 4.59. The second kappa shape index (κ2) is 8.46. The molecule has 1 aromatic rings. The van der Waals surface area contributed by atoms with Crippen LogP contribution in [0.2, 0.25) is 0 Å². The van der Waals surface area contributed by atoms with Gasteiger partial charge in [0.25, 0.3) is 0 Å². The Kier molecular flexibility index (Phi) is 6.59. The standard InChI is InChI=1S/C19H31N/c1-3-9-16-10-8-11-17(15-16)18-12-6-5-7-13-19(18)20-14-4-2/h8,10-11,15,18-20H,3-7,9,12-14H2,1-2H3. The van der Waals surface area contributed by atoms with Gasteiger partial charge in [-0.1, -0.05) is 63.8 Å². The molecule has 20 heavy (non-hydrogen) atoms. The van der Waals surface area contributed by atoms with Crippen molar-refractivity contribution in [3.8, 4) is 0 Å². The van der Waals surface area contributed by atoms with Gasteiger partial charge in [-0.05, 0) is 49.3 Å². The van der Waals surface area contributed by atoms with E-state index in [2.05, 4.69) is 43.4 Å². The van der Waals surface area contributed by atoms with Gasteiger partial charge in [-0.3, -0.25) is 0 Å². The summed E-state index contributed by atoms with van der Waals surface area (Å²) in [5.74, 6) is 0.723. The van der Waals surface area contributed by atoms with Gasteiger partial charge in [-0.2, -0.15) is 0 Å². The van der Waals surface area contributed by atoms with Crippen LogP contribution < -0.4 is 5.32 Å². The summed E-state index contributed by atoms with van der Waals surface area (Å²) in [4.78, 5) is 0. The number of hydrogen-bond donors (Lipinski definition) is 1. The van der Waals surface area contributed by atoms with E-state index in [-0.39, 0.29) is 0 Å². The highest BCUT2D eigenvalue weighted by molar-refractivity contribution is 5.28. The van der Waals surface area contributed by atoms with Gasteiger partial charge in [0.2, 0.25) is 0 Å². The topological polar surface area (TPSA) is 12.0 Å². The van der Waals surface area contributed by atoms with E-state index in [0.717, 1.165) is 12.5 Å². The van der Waals surface area contributed by atoms with Crippen LogP contribution in [0.1, 0.15) is 75.8 Å². The zero-order valence-electron chi connectivity index (χ0n) is 13.3. The van der Waals surface area contributed by atoms with E-state index in [1.54, 1.807) is 5.56 Å². The fourth-order valence-corrected chi connectivity index (χ4v) is 3.55. The molecular formula is C19H31N. The lowest BCUT2D eigenvalue weighted by molar-refractivity contribution is 0.411. The highest BCUT2D eigenvalue weighted by Gasteiger charge is 2.24. The summed E-state index contributed by atoms with van der Waals surface area (Å²) >= 11 is 0. The van der Waals surface area contributed by atoms with E-state index in [4.69, 9.17) is 0 Å². The first-order chi connectivity index (χ1) is 9.85. The van der Waals surface area contributed by atoms with Crippen molar-refractivity contribution in [3.05, 3.63) is 35.4 Å². The smallest absolute Gasteiger partial charge is 0.0136 e. The molecule has 0 aromatic heterocycles. The maximum atomic E-state index is 3.81. The molecule has 2 atom stereocenters. The second-order valence-electron chi connectivity index (χ2n) is 6.30. The Bertz CT molecular complexity index is 385. The zero-order valence-corrected chi connectivity index (χ0v) is 13.3. The molecule has 1 nitrogen and oxygen atoms in total. The van der Waals surface area contributed by atoms with Gasteiger partial charge in [-0.25, -0.2) is 0 Å². The first-order valence-corrected chi connectivity index (χ1v) is 8.67. The lowest BCUT2D eigenvalue weighted by Crippen LogP contribution is -2.34. The lowest BCUT2D eigenvalue weighted by atomic mass is 9.86. The van der Waals surface area contributed by atoms with Gasteiger partial charge >= 0.3 is 0 Å². The molecule has 0 saturated heterocycles. The summed E-state index contributed by atoms with van der Waals surface area (Å²) in [5, 5.41) is 3.81. The Morgan fingerprint density at radius 3 is 2.70 bits per heavy atom. The zero-order chi connectivity index (χ0) is 14.2. The Hall–Kier alpha value is -0.820. The number of rotatable bonds is 6. The first kappa shape index (κ1) is 15.6. The van der Waals surface area contributed by atoms with Crippen LogP contribution in [0.3, 0.4) is 0 Å². The molecule has 2 unspecified atom stereocenters. The first-order valence-electron chi connectivity index (χ1n) is 8.67. The van der Waals surface area contributed by atoms with Gasteiger partial charge in [0, 0.05) is 6.04 Å². The Morgan fingerprint density at radius 2 is 1.90 bits per heavy atom. The normalized spacial score (nSPS) is 23.5. The molecule has 1 saturated carbocycles. The molecule has 0 heterocycles. The third-order valence-electron chi connectivity index (χ3n) is 4.59. The van der Waals surface area contributed by atoms with Gasteiger partial charge in [-0.15, -0.1) is 0 Å². The molecule has 0 bridgehead atoms. The van der Waals surface area contributed by atoms with Crippen molar-refractivity contribution in [2.45, 2.75) is 77.2 Å². The molecule has 1 fully saturated rings. The summed E-state index contributed by atoms with van der Waals surface area (Å²) < 4.78 is 0. The quantitative estimate of drug-likeness (QED) is 0.715. The van der Waals surface area contributed by atoms with E-state index < -0.39 is 0 Å². The minimum Gasteiger partial charge on any atom is -0.313 e. The lowest BCUT2D eigenvalue weighted by Gasteiger charge is -2.27. The minimum absolute atomic E-state index is 0.689. The molecule has 2 rings (SSSR count). The molecule has 1 heteroatoms. The van der Waals surface area contributed by atoms with Gasteiger partial charge in [0.1, 0.15) is 0 Å². The Morgan fingerprint density at radius 1 is 1.05 bits per heavy atom. The summed E-state index contributed by atoms with van der Waals surface area (Å²) in [6.07, 6.45) is 10.6. The predicted octanol–water partition coefficient (Wildman–Crippen LogP) is 5.06. The third kappa shape index (κ3) is 4.34. The number of aryl methyl sites for hydroxylation is 1. The average Bonchev–Trinajstić information content (AvgIpc) is 2.71. The predicted molar refractivity (Wildman–Crippen MR) is 88.3 cm³/mol. The van der Waals surface area contributed by atoms with E-state index in [0.29, 0.717) is 6.04 Å². The van der Waals surface area contributed by atoms with Gasteiger partial charge < -0.3 is 5.32 Å². The van der Waals surface area contributed by atoms with Crippen LogP contribution in [0.4, 0.5) is 0 Å². The van der Waals surface area contributed by atoms with Crippen molar-refractivity contribution >= 4 is 0 Å². The number of benzene rings is 1. The molecule has 1 aromatic carbocycles. The van der Waals surface area contributed by atoms with Crippen LogP contribution in [0, 0.1) is 0 Å². The summed E-state index contributed by atoms with van der Waals surface area (Å²) in [6, 6.07) is 10.1. The molecule has 0 aliphatic heterocycles. The van der Waals surface area contributed by atoms with Crippen molar-refractivity contribution in [1.82, 2.24) is 5.32 Å². The van der Waals surface area contributed by atoms with E-state index in [1.807, 2.05) is 0 Å². The fraction of sp³-hybridized carbons (Fsp3) is 0.684. The number of hydrogen-bond acceptors (Lipinski definition) is 1. The molecule has 112 valence electrons. The second-order valence-corrected chi connectivity index (χ2v) is 6.30. The summed E-state index contributed by atoms with van der Waals surface area (Å²) in [6.45, 7) is 5.69. The molecule has 0 amide bonds. The van der Waals surface area contributed by atoms with Gasteiger partial charge in [0.05, 0.1) is 0 Å². The highest BCUT2D eigenvalue weighted by Crippen LogP contribution is 2.32. The maximum Gasteiger partial charge on any atom is 0.0136 e. The molecular weight excluding hydrogens is 242 g/mol. The maximum absolute atomic E-state index is 3.81. The van der Waals surface area contributed by atoms with Crippen molar-refractivity contribution in [1.29, 1.82) is 0 Å². The van der Waals surface area contributed by atoms with Crippen LogP contribution >= 0.6 is 0 Å². The summed E-state index contributed by atoms with van der Waals surface area (Å²) in [5.41, 5.74) is 3.09. The SMILES string of the molecule is CCCNC1CCCCCC1c1cccc(CCC)c1. The van der Waals surface area contributed by atoms with E-state index in [9.17, 15) is 0 Å². The average molecular weight is 273 g/mol. The highest BCUT2D eigenvalue weighted by atomic mass is 14.9. The monoisotopic (exact) mass is 273 g/mol. The van der Waals surface area contributed by atoms with Crippen molar-refractivity contribution in [2.24, 2.45) is 0 Å². The Labute approximate surface area is 125 Å². The van der Waals surface area contributed by atoms with Crippen molar-refractivity contribution in [2.75, 3.05) is 6.54 Å². The van der Waals surface area contributed by atoms with E-state index in [1.165, 1.54) is 56.9 Å². The summed E-state index contributed by atoms with van der Waals surface area (Å²) in [7, 11) is 0. The van der Waals surface area contributed by atoms with Crippen molar-refractivity contribution in [3.63, 3.8) is 0 Å². The van der Waals surface area contributed by atoms with Crippen LogP contribution in [0.15, 0.2) is 24.3 Å². The molecule has 0 radical (unpaired) electrons. The van der Waals surface area contributed by atoms with E-state index >= 15 is 0 Å². The molecule has 1 N–H and O–H groups in total. The molecule has 1 aliphatic carbocycles.